The SMILES string of the molecule is CC(CCc1ccco1)N1CCCC(Br)C1=O. The quantitative estimate of drug-likeness (QED) is 0.801. The van der Waals surface area contributed by atoms with Crippen LogP contribution in [0.15, 0.2) is 22.8 Å². The van der Waals surface area contributed by atoms with Crippen molar-refractivity contribution in [1.29, 1.82) is 0 Å². The Morgan fingerprint density at radius 1 is 1.65 bits per heavy atom. The Bertz CT molecular complexity index is 364. The molecule has 0 saturated carbocycles. The van der Waals surface area contributed by atoms with Crippen molar-refractivity contribution in [2.45, 2.75) is 43.5 Å². The van der Waals surface area contributed by atoms with Gasteiger partial charge in [0.2, 0.25) is 5.91 Å². The van der Waals surface area contributed by atoms with Gasteiger partial charge in [0.15, 0.2) is 0 Å². The molecule has 17 heavy (non-hydrogen) atoms. The fourth-order valence-corrected chi connectivity index (χ4v) is 2.84. The van der Waals surface area contributed by atoms with Crippen LogP contribution in [0.3, 0.4) is 0 Å². The summed E-state index contributed by atoms with van der Waals surface area (Å²) in [6.07, 6.45) is 5.59. The molecule has 0 bridgehead atoms. The number of amides is 1. The van der Waals surface area contributed by atoms with E-state index in [1.807, 2.05) is 17.0 Å². The summed E-state index contributed by atoms with van der Waals surface area (Å²) in [5.41, 5.74) is 0. The van der Waals surface area contributed by atoms with Gasteiger partial charge in [-0.2, -0.15) is 0 Å². The number of halogens is 1. The van der Waals surface area contributed by atoms with Gasteiger partial charge in [0.25, 0.3) is 0 Å². The van der Waals surface area contributed by atoms with Gasteiger partial charge in [-0.1, -0.05) is 15.9 Å². The minimum absolute atomic E-state index is 0.0160. The van der Waals surface area contributed by atoms with Crippen LogP contribution in [-0.4, -0.2) is 28.2 Å². The number of likely N-dealkylation sites (tertiary alicyclic amines) is 1. The van der Waals surface area contributed by atoms with Crippen LogP contribution in [0.25, 0.3) is 0 Å². The molecule has 2 atom stereocenters. The molecule has 1 saturated heterocycles. The third-order valence-electron chi connectivity index (χ3n) is 3.33. The predicted octanol–water partition coefficient (Wildman–Crippen LogP) is 2.99. The summed E-state index contributed by atoms with van der Waals surface area (Å²) in [5.74, 6) is 1.24. The van der Waals surface area contributed by atoms with Gasteiger partial charge < -0.3 is 9.32 Å². The van der Waals surface area contributed by atoms with E-state index >= 15 is 0 Å². The van der Waals surface area contributed by atoms with Crippen LogP contribution >= 0.6 is 15.9 Å². The first-order chi connectivity index (χ1) is 8.18. The fourth-order valence-electron chi connectivity index (χ4n) is 2.25. The van der Waals surface area contributed by atoms with Crippen molar-refractivity contribution in [3.63, 3.8) is 0 Å². The molecule has 1 aromatic heterocycles. The average Bonchev–Trinajstić information content (AvgIpc) is 2.82. The van der Waals surface area contributed by atoms with E-state index in [0.717, 1.165) is 38.0 Å². The predicted molar refractivity (Wildman–Crippen MR) is 70.2 cm³/mol. The van der Waals surface area contributed by atoms with Crippen molar-refractivity contribution in [2.75, 3.05) is 6.54 Å². The number of carbonyl (C=O) groups excluding carboxylic acids is 1. The average molecular weight is 300 g/mol. The smallest absolute Gasteiger partial charge is 0.236 e. The lowest BCUT2D eigenvalue weighted by molar-refractivity contribution is -0.134. The second-order valence-corrected chi connectivity index (χ2v) is 5.71. The second-order valence-electron chi connectivity index (χ2n) is 4.61. The molecule has 94 valence electrons. The minimum Gasteiger partial charge on any atom is -0.469 e. The standard InChI is InChI=1S/C13H18BrNO2/c1-10(6-7-11-4-3-9-17-11)15-8-2-5-12(14)13(15)16/h3-4,9-10,12H,2,5-8H2,1H3. The first kappa shape index (κ1) is 12.7. The molecular weight excluding hydrogens is 282 g/mol. The summed E-state index contributed by atoms with van der Waals surface area (Å²) < 4.78 is 5.31. The molecule has 0 N–H and O–H groups in total. The number of rotatable bonds is 4. The Balaban J connectivity index is 1.86. The molecule has 1 aliphatic heterocycles. The van der Waals surface area contributed by atoms with Crippen LogP contribution in [0.5, 0.6) is 0 Å². The summed E-state index contributed by atoms with van der Waals surface area (Å²) in [5, 5.41) is 0. The zero-order valence-electron chi connectivity index (χ0n) is 10.1. The van der Waals surface area contributed by atoms with Gasteiger partial charge in [0.05, 0.1) is 11.1 Å². The largest absolute Gasteiger partial charge is 0.469 e. The maximum absolute atomic E-state index is 12.0. The molecule has 2 heterocycles. The maximum Gasteiger partial charge on any atom is 0.236 e. The highest BCUT2D eigenvalue weighted by Gasteiger charge is 2.29. The molecule has 4 heteroatoms. The Hall–Kier alpha value is -0.770. The normalized spacial score (nSPS) is 22.8. The first-order valence-electron chi connectivity index (χ1n) is 6.15. The third kappa shape index (κ3) is 3.12. The first-order valence-corrected chi connectivity index (χ1v) is 7.07. The molecule has 3 nitrogen and oxygen atoms in total. The molecular formula is C13H18BrNO2. The molecule has 1 aromatic rings. The second kappa shape index (κ2) is 5.71. The van der Waals surface area contributed by atoms with E-state index in [4.69, 9.17) is 4.42 Å². The lowest BCUT2D eigenvalue weighted by Crippen LogP contribution is -2.46. The van der Waals surface area contributed by atoms with Crippen LogP contribution in [0.2, 0.25) is 0 Å². The highest BCUT2D eigenvalue weighted by molar-refractivity contribution is 9.10. The monoisotopic (exact) mass is 299 g/mol. The van der Waals surface area contributed by atoms with E-state index in [1.165, 1.54) is 0 Å². The van der Waals surface area contributed by atoms with Gasteiger partial charge in [0, 0.05) is 19.0 Å². The highest BCUT2D eigenvalue weighted by atomic mass is 79.9. The van der Waals surface area contributed by atoms with Crippen molar-refractivity contribution in [3.8, 4) is 0 Å². The van der Waals surface area contributed by atoms with Gasteiger partial charge in [0.1, 0.15) is 5.76 Å². The maximum atomic E-state index is 12.0. The number of nitrogens with zero attached hydrogens (tertiary/aromatic N) is 1. The van der Waals surface area contributed by atoms with Crippen molar-refractivity contribution in [2.24, 2.45) is 0 Å². The van der Waals surface area contributed by atoms with E-state index in [2.05, 4.69) is 22.9 Å². The van der Waals surface area contributed by atoms with E-state index in [0.29, 0.717) is 0 Å². The highest BCUT2D eigenvalue weighted by Crippen LogP contribution is 2.22. The van der Waals surface area contributed by atoms with Crippen molar-refractivity contribution >= 4 is 21.8 Å². The lowest BCUT2D eigenvalue weighted by Gasteiger charge is -2.34. The van der Waals surface area contributed by atoms with Crippen LogP contribution in [-0.2, 0) is 11.2 Å². The minimum atomic E-state index is 0.0160. The summed E-state index contributed by atoms with van der Waals surface area (Å²) in [7, 11) is 0. The number of carbonyl (C=O) groups is 1. The van der Waals surface area contributed by atoms with Gasteiger partial charge >= 0.3 is 0 Å². The topological polar surface area (TPSA) is 33.5 Å². The molecule has 1 fully saturated rings. The van der Waals surface area contributed by atoms with Crippen LogP contribution < -0.4 is 0 Å². The van der Waals surface area contributed by atoms with Crippen LogP contribution in [0.1, 0.15) is 31.9 Å². The fraction of sp³-hybridized carbons (Fsp3) is 0.615. The van der Waals surface area contributed by atoms with Gasteiger partial charge in [-0.05, 0) is 38.3 Å². The molecule has 0 radical (unpaired) electrons. The molecule has 1 amide bonds. The summed E-state index contributed by atoms with van der Waals surface area (Å²) >= 11 is 3.44. The van der Waals surface area contributed by atoms with Crippen LogP contribution in [0, 0.1) is 0 Å². The van der Waals surface area contributed by atoms with E-state index in [1.54, 1.807) is 6.26 Å². The molecule has 0 spiro atoms. The Kier molecular flexibility index (Phi) is 4.26. The number of hydrogen-bond acceptors (Lipinski definition) is 2. The number of piperidine rings is 1. The van der Waals surface area contributed by atoms with E-state index in [-0.39, 0.29) is 16.8 Å². The van der Waals surface area contributed by atoms with Gasteiger partial charge in [-0.15, -0.1) is 0 Å². The zero-order chi connectivity index (χ0) is 12.3. The Labute approximate surface area is 110 Å². The van der Waals surface area contributed by atoms with Crippen molar-refractivity contribution < 1.29 is 9.21 Å². The number of aryl methyl sites for hydroxylation is 1. The summed E-state index contributed by atoms with van der Waals surface area (Å²) in [4.78, 5) is 14.0. The number of hydrogen-bond donors (Lipinski definition) is 0. The van der Waals surface area contributed by atoms with Crippen molar-refractivity contribution in [3.05, 3.63) is 24.2 Å². The molecule has 2 unspecified atom stereocenters. The number of alkyl halides is 1. The molecule has 0 aromatic carbocycles. The number of furan rings is 1. The van der Waals surface area contributed by atoms with E-state index in [9.17, 15) is 4.79 Å². The van der Waals surface area contributed by atoms with Crippen LogP contribution in [0.4, 0.5) is 0 Å². The third-order valence-corrected chi connectivity index (χ3v) is 4.18. The Morgan fingerprint density at radius 3 is 3.18 bits per heavy atom. The molecule has 2 rings (SSSR count). The van der Waals surface area contributed by atoms with Gasteiger partial charge in [-0.3, -0.25) is 4.79 Å². The summed E-state index contributed by atoms with van der Waals surface area (Å²) in [6.45, 7) is 3.01. The summed E-state index contributed by atoms with van der Waals surface area (Å²) in [6, 6.07) is 4.17. The Morgan fingerprint density at radius 2 is 2.47 bits per heavy atom. The molecule has 0 aliphatic carbocycles. The van der Waals surface area contributed by atoms with E-state index < -0.39 is 0 Å². The van der Waals surface area contributed by atoms with Crippen molar-refractivity contribution in [1.82, 2.24) is 4.90 Å². The van der Waals surface area contributed by atoms with Gasteiger partial charge in [-0.25, -0.2) is 0 Å². The lowest BCUT2D eigenvalue weighted by atomic mass is 10.0. The zero-order valence-corrected chi connectivity index (χ0v) is 11.6. The molecule has 1 aliphatic rings.